The Morgan fingerprint density at radius 3 is 2.75 bits per heavy atom. The SMILES string of the molecule is CCN(C(=O)O)c1nc2ccc(F)cc2c(Cl)c1-c1ccccn1. The zero-order chi connectivity index (χ0) is 17.3. The van der Waals surface area contributed by atoms with Crippen LogP contribution in [0.25, 0.3) is 22.2 Å². The molecule has 0 bridgehead atoms. The summed E-state index contributed by atoms with van der Waals surface area (Å²) < 4.78 is 13.6. The van der Waals surface area contributed by atoms with E-state index in [0.717, 1.165) is 4.90 Å². The van der Waals surface area contributed by atoms with E-state index in [4.69, 9.17) is 11.6 Å². The maximum Gasteiger partial charge on any atom is 0.413 e. The summed E-state index contributed by atoms with van der Waals surface area (Å²) in [6.07, 6.45) is 0.419. The third-order valence-corrected chi connectivity index (χ3v) is 3.98. The van der Waals surface area contributed by atoms with Crippen molar-refractivity contribution in [3.05, 3.63) is 53.4 Å². The number of carboxylic acid groups (broad SMARTS) is 1. The van der Waals surface area contributed by atoms with Crippen LogP contribution in [0, 0.1) is 5.82 Å². The van der Waals surface area contributed by atoms with E-state index in [0.29, 0.717) is 22.2 Å². The molecule has 24 heavy (non-hydrogen) atoms. The molecule has 1 aromatic carbocycles. The first-order valence-electron chi connectivity index (χ1n) is 7.23. The number of amides is 1. The zero-order valence-electron chi connectivity index (χ0n) is 12.7. The highest BCUT2D eigenvalue weighted by atomic mass is 35.5. The number of aromatic nitrogens is 2. The van der Waals surface area contributed by atoms with Crippen LogP contribution in [0.3, 0.4) is 0 Å². The summed E-state index contributed by atoms with van der Waals surface area (Å²) in [4.78, 5) is 21.3. The van der Waals surface area contributed by atoms with Crippen molar-refractivity contribution in [1.29, 1.82) is 0 Å². The van der Waals surface area contributed by atoms with E-state index in [2.05, 4.69) is 9.97 Å². The van der Waals surface area contributed by atoms with Crippen LogP contribution in [0.1, 0.15) is 6.92 Å². The molecule has 1 N–H and O–H groups in total. The van der Waals surface area contributed by atoms with E-state index in [1.165, 1.54) is 18.2 Å². The Morgan fingerprint density at radius 2 is 2.12 bits per heavy atom. The minimum absolute atomic E-state index is 0.174. The largest absolute Gasteiger partial charge is 0.465 e. The molecule has 0 saturated carbocycles. The molecular weight excluding hydrogens is 333 g/mol. The summed E-state index contributed by atoms with van der Waals surface area (Å²) >= 11 is 6.49. The Hall–Kier alpha value is -2.73. The number of hydrogen-bond donors (Lipinski definition) is 1. The van der Waals surface area contributed by atoms with Crippen LogP contribution in [-0.4, -0.2) is 27.7 Å². The van der Waals surface area contributed by atoms with Gasteiger partial charge < -0.3 is 5.11 Å². The smallest absolute Gasteiger partial charge is 0.413 e. The van der Waals surface area contributed by atoms with E-state index < -0.39 is 11.9 Å². The Kier molecular flexibility index (Phi) is 4.31. The van der Waals surface area contributed by atoms with E-state index in [1.54, 1.807) is 31.3 Å². The topological polar surface area (TPSA) is 66.3 Å². The number of halogens is 2. The highest BCUT2D eigenvalue weighted by molar-refractivity contribution is 6.38. The van der Waals surface area contributed by atoms with Crippen LogP contribution >= 0.6 is 11.6 Å². The molecular formula is C17H13ClFN3O2. The molecule has 0 atom stereocenters. The summed E-state index contributed by atoms with van der Waals surface area (Å²) in [6, 6.07) is 9.20. The van der Waals surface area contributed by atoms with Gasteiger partial charge in [0.05, 0.1) is 21.8 Å². The first-order valence-corrected chi connectivity index (χ1v) is 7.61. The van der Waals surface area contributed by atoms with Crippen molar-refractivity contribution in [3.63, 3.8) is 0 Å². The Morgan fingerprint density at radius 1 is 1.33 bits per heavy atom. The van der Waals surface area contributed by atoms with E-state index in [9.17, 15) is 14.3 Å². The number of benzene rings is 1. The van der Waals surface area contributed by atoms with Crippen molar-refractivity contribution in [2.45, 2.75) is 6.92 Å². The molecule has 3 rings (SSSR count). The maximum atomic E-state index is 13.6. The molecule has 5 nitrogen and oxygen atoms in total. The average molecular weight is 346 g/mol. The summed E-state index contributed by atoms with van der Waals surface area (Å²) in [5.74, 6) is -0.274. The van der Waals surface area contributed by atoms with Gasteiger partial charge in [-0.2, -0.15) is 0 Å². The molecule has 2 heterocycles. The van der Waals surface area contributed by atoms with Gasteiger partial charge in [-0.25, -0.2) is 14.2 Å². The third-order valence-electron chi connectivity index (χ3n) is 3.59. The summed E-state index contributed by atoms with van der Waals surface area (Å²) in [5.41, 5.74) is 1.24. The van der Waals surface area contributed by atoms with Gasteiger partial charge in [0.25, 0.3) is 0 Å². The summed E-state index contributed by atoms with van der Waals surface area (Å²) in [7, 11) is 0. The van der Waals surface area contributed by atoms with Gasteiger partial charge in [0.1, 0.15) is 11.6 Å². The number of nitrogens with zero attached hydrogens (tertiary/aromatic N) is 3. The van der Waals surface area contributed by atoms with Gasteiger partial charge in [0.15, 0.2) is 0 Å². The van der Waals surface area contributed by atoms with Gasteiger partial charge in [0, 0.05) is 18.1 Å². The van der Waals surface area contributed by atoms with Crippen LogP contribution < -0.4 is 4.90 Å². The van der Waals surface area contributed by atoms with Crippen LogP contribution in [0.5, 0.6) is 0 Å². The first kappa shape index (κ1) is 16.1. The highest BCUT2D eigenvalue weighted by Crippen LogP contribution is 2.39. The Bertz CT molecular complexity index is 919. The molecule has 122 valence electrons. The van der Waals surface area contributed by atoms with Crippen LogP contribution in [-0.2, 0) is 0 Å². The number of hydrogen-bond acceptors (Lipinski definition) is 3. The molecule has 0 aliphatic carbocycles. The summed E-state index contributed by atoms with van der Waals surface area (Å²) in [5, 5.41) is 10.1. The van der Waals surface area contributed by atoms with Crippen molar-refractivity contribution in [1.82, 2.24) is 9.97 Å². The van der Waals surface area contributed by atoms with Gasteiger partial charge >= 0.3 is 6.09 Å². The van der Waals surface area contributed by atoms with Gasteiger partial charge in [-0.15, -0.1) is 0 Å². The van der Waals surface area contributed by atoms with Crippen LogP contribution in [0.15, 0.2) is 42.6 Å². The highest BCUT2D eigenvalue weighted by Gasteiger charge is 2.24. The standard InChI is InChI=1S/C17H13ClFN3O2/c1-2-22(17(23)24)16-14(13-5-3-4-8-20-13)15(18)11-9-10(19)6-7-12(11)21-16/h3-9H,2H2,1H3,(H,23,24). The molecule has 3 aromatic rings. The predicted octanol–water partition coefficient (Wildman–Crippen LogP) is 4.59. The van der Waals surface area contributed by atoms with Crippen molar-refractivity contribution < 1.29 is 14.3 Å². The summed E-state index contributed by atoms with van der Waals surface area (Å²) in [6.45, 7) is 1.88. The van der Waals surface area contributed by atoms with Gasteiger partial charge in [-0.3, -0.25) is 9.88 Å². The molecule has 0 fully saturated rings. The minimum Gasteiger partial charge on any atom is -0.465 e. The van der Waals surface area contributed by atoms with Gasteiger partial charge in [-0.05, 0) is 37.3 Å². The third kappa shape index (κ3) is 2.76. The average Bonchev–Trinajstić information content (AvgIpc) is 2.57. The van der Waals surface area contributed by atoms with E-state index in [1.807, 2.05) is 0 Å². The van der Waals surface area contributed by atoms with Gasteiger partial charge in [-0.1, -0.05) is 17.7 Å². The number of rotatable bonds is 3. The Balaban J connectivity index is 2.40. The molecule has 0 unspecified atom stereocenters. The fraction of sp³-hybridized carbons (Fsp3) is 0.118. The number of carbonyl (C=O) groups is 1. The number of fused-ring (bicyclic) bond motifs is 1. The van der Waals surface area contributed by atoms with E-state index in [-0.39, 0.29) is 17.4 Å². The molecule has 1 amide bonds. The van der Waals surface area contributed by atoms with E-state index >= 15 is 0 Å². The fourth-order valence-electron chi connectivity index (χ4n) is 2.49. The molecule has 0 radical (unpaired) electrons. The maximum absolute atomic E-state index is 13.6. The lowest BCUT2D eigenvalue weighted by atomic mass is 10.1. The van der Waals surface area contributed by atoms with Gasteiger partial charge in [0.2, 0.25) is 0 Å². The quantitative estimate of drug-likeness (QED) is 0.753. The van der Waals surface area contributed by atoms with Crippen molar-refractivity contribution >= 4 is 34.4 Å². The second-order valence-corrected chi connectivity index (χ2v) is 5.41. The lowest BCUT2D eigenvalue weighted by Crippen LogP contribution is -2.30. The zero-order valence-corrected chi connectivity index (χ0v) is 13.5. The molecule has 0 aliphatic heterocycles. The van der Waals surface area contributed by atoms with Crippen molar-refractivity contribution in [3.8, 4) is 11.3 Å². The Labute approximate surface area is 142 Å². The van der Waals surface area contributed by atoms with Crippen molar-refractivity contribution in [2.75, 3.05) is 11.4 Å². The normalized spacial score (nSPS) is 10.8. The van der Waals surface area contributed by atoms with Crippen molar-refractivity contribution in [2.24, 2.45) is 0 Å². The van der Waals surface area contributed by atoms with Crippen LogP contribution in [0.2, 0.25) is 5.02 Å². The molecule has 0 saturated heterocycles. The minimum atomic E-state index is -1.15. The second-order valence-electron chi connectivity index (χ2n) is 5.03. The first-order chi connectivity index (χ1) is 11.5. The lowest BCUT2D eigenvalue weighted by Gasteiger charge is -2.21. The lowest BCUT2D eigenvalue weighted by molar-refractivity contribution is 0.202. The second kappa shape index (κ2) is 6.41. The van der Waals surface area contributed by atoms with Crippen LogP contribution in [0.4, 0.5) is 15.0 Å². The fourth-order valence-corrected chi connectivity index (χ4v) is 2.83. The number of anilines is 1. The monoisotopic (exact) mass is 345 g/mol. The number of pyridine rings is 2. The molecule has 7 heteroatoms. The predicted molar refractivity (Wildman–Crippen MR) is 91.0 cm³/mol. The molecule has 0 spiro atoms. The molecule has 0 aliphatic rings. The molecule has 2 aromatic heterocycles.